The molecule has 26 heavy (non-hydrogen) atoms. The van der Waals surface area contributed by atoms with Crippen molar-refractivity contribution in [1.82, 2.24) is 9.80 Å². The second-order valence-electron chi connectivity index (χ2n) is 7.77. The van der Waals surface area contributed by atoms with Crippen LogP contribution in [0.5, 0.6) is 0 Å². The average Bonchev–Trinajstić information content (AvgIpc) is 2.66. The minimum absolute atomic E-state index is 0.173. The highest BCUT2D eigenvalue weighted by atomic mass is 16.5. The van der Waals surface area contributed by atoms with Gasteiger partial charge in [0.25, 0.3) is 5.91 Å². The average molecular weight is 360 g/mol. The number of nitrogens with zero attached hydrogens (tertiary/aromatic N) is 2. The molecule has 0 aromatic heterocycles. The first kappa shape index (κ1) is 19.3. The van der Waals surface area contributed by atoms with Crippen LogP contribution < -0.4 is 5.73 Å². The number of benzene rings is 1. The summed E-state index contributed by atoms with van der Waals surface area (Å²) < 4.78 is 5.52. The predicted molar refractivity (Wildman–Crippen MR) is 104 cm³/mol. The number of carbonyl (C=O) groups is 1. The molecular weight excluding hydrogens is 326 g/mol. The molecule has 0 bridgehead atoms. The number of piperidine rings is 1. The minimum Gasteiger partial charge on any atom is -0.381 e. The van der Waals surface area contributed by atoms with E-state index in [-0.39, 0.29) is 5.91 Å². The molecule has 1 aromatic carbocycles. The Labute approximate surface area is 157 Å². The van der Waals surface area contributed by atoms with Gasteiger partial charge in [-0.15, -0.1) is 0 Å². The summed E-state index contributed by atoms with van der Waals surface area (Å²) in [7, 11) is 0. The van der Waals surface area contributed by atoms with Crippen molar-refractivity contribution in [2.75, 3.05) is 39.4 Å². The van der Waals surface area contributed by atoms with E-state index >= 15 is 0 Å². The maximum atomic E-state index is 12.9. The lowest BCUT2D eigenvalue weighted by Crippen LogP contribution is -2.52. The van der Waals surface area contributed by atoms with Gasteiger partial charge in [-0.2, -0.15) is 0 Å². The fraction of sp³-hybridized carbons (Fsp3) is 0.667. The summed E-state index contributed by atoms with van der Waals surface area (Å²) >= 11 is 0. The van der Waals surface area contributed by atoms with E-state index < -0.39 is 0 Å². The van der Waals surface area contributed by atoms with Crippen LogP contribution in [0.4, 0.5) is 0 Å². The van der Waals surface area contributed by atoms with Crippen molar-refractivity contribution in [3.05, 3.63) is 34.9 Å². The molecule has 1 amide bonds. The van der Waals surface area contributed by atoms with E-state index in [1.54, 1.807) is 0 Å². The fourth-order valence-electron chi connectivity index (χ4n) is 4.51. The lowest BCUT2D eigenvalue weighted by atomic mass is 9.97. The van der Waals surface area contributed by atoms with Gasteiger partial charge in [0, 0.05) is 57.0 Å². The molecule has 0 aliphatic carbocycles. The van der Waals surface area contributed by atoms with Gasteiger partial charge in [-0.05, 0) is 51.7 Å². The molecule has 2 fully saturated rings. The van der Waals surface area contributed by atoms with E-state index in [0.717, 1.165) is 75.2 Å². The molecule has 0 saturated carbocycles. The SMILES string of the molecule is Cc1cc(C)cc(C(=O)N2CCC(N(CCN)C3CCOCC3)CC2)c1. The summed E-state index contributed by atoms with van der Waals surface area (Å²) in [4.78, 5) is 17.5. The highest BCUT2D eigenvalue weighted by Gasteiger charge is 2.31. The second-order valence-corrected chi connectivity index (χ2v) is 7.77. The molecular formula is C21H33N3O2. The molecule has 5 heteroatoms. The number of likely N-dealkylation sites (tertiary alicyclic amines) is 1. The third-order valence-corrected chi connectivity index (χ3v) is 5.74. The number of carbonyl (C=O) groups excluding carboxylic acids is 1. The van der Waals surface area contributed by atoms with Crippen LogP contribution >= 0.6 is 0 Å². The van der Waals surface area contributed by atoms with Crippen molar-refractivity contribution in [3.63, 3.8) is 0 Å². The molecule has 2 N–H and O–H groups in total. The Kier molecular flexibility index (Phi) is 6.68. The Bertz CT molecular complexity index is 585. The van der Waals surface area contributed by atoms with Crippen LogP contribution in [-0.4, -0.2) is 67.2 Å². The number of amides is 1. The Hall–Kier alpha value is -1.43. The van der Waals surface area contributed by atoms with E-state index in [2.05, 4.69) is 24.8 Å². The summed E-state index contributed by atoms with van der Waals surface area (Å²) in [6.07, 6.45) is 4.27. The topological polar surface area (TPSA) is 58.8 Å². The molecule has 144 valence electrons. The van der Waals surface area contributed by atoms with Crippen molar-refractivity contribution < 1.29 is 9.53 Å². The maximum Gasteiger partial charge on any atom is 0.253 e. The number of nitrogens with two attached hydrogens (primary N) is 1. The van der Waals surface area contributed by atoms with Gasteiger partial charge in [-0.25, -0.2) is 0 Å². The molecule has 0 unspecified atom stereocenters. The van der Waals surface area contributed by atoms with Crippen LogP contribution in [-0.2, 0) is 4.74 Å². The molecule has 2 aliphatic heterocycles. The van der Waals surface area contributed by atoms with Crippen molar-refractivity contribution in [3.8, 4) is 0 Å². The van der Waals surface area contributed by atoms with Gasteiger partial charge in [-0.1, -0.05) is 17.2 Å². The quantitative estimate of drug-likeness (QED) is 0.877. The molecule has 2 heterocycles. The van der Waals surface area contributed by atoms with Crippen LogP contribution in [0.3, 0.4) is 0 Å². The van der Waals surface area contributed by atoms with Crippen LogP contribution in [0.25, 0.3) is 0 Å². The molecule has 2 saturated heterocycles. The van der Waals surface area contributed by atoms with E-state index in [9.17, 15) is 4.79 Å². The first-order valence-corrected chi connectivity index (χ1v) is 9.99. The Morgan fingerprint density at radius 3 is 2.23 bits per heavy atom. The largest absolute Gasteiger partial charge is 0.381 e. The molecule has 5 nitrogen and oxygen atoms in total. The summed E-state index contributed by atoms with van der Waals surface area (Å²) in [5.74, 6) is 0.173. The van der Waals surface area contributed by atoms with E-state index in [0.29, 0.717) is 18.6 Å². The summed E-state index contributed by atoms with van der Waals surface area (Å²) in [5, 5.41) is 0. The highest BCUT2D eigenvalue weighted by molar-refractivity contribution is 5.94. The molecule has 1 aromatic rings. The van der Waals surface area contributed by atoms with Crippen LogP contribution in [0.2, 0.25) is 0 Å². The smallest absolute Gasteiger partial charge is 0.253 e. The maximum absolute atomic E-state index is 12.9. The zero-order valence-corrected chi connectivity index (χ0v) is 16.2. The lowest BCUT2D eigenvalue weighted by Gasteiger charge is -2.43. The molecule has 2 aliphatic rings. The standard InChI is InChI=1S/C21H33N3O2/c1-16-13-17(2)15-18(14-16)21(25)23-8-3-19(4-9-23)24(10-7-22)20-5-11-26-12-6-20/h13-15,19-20H,3-12,22H2,1-2H3. The van der Waals surface area contributed by atoms with Gasteiger partial charge in [0.05, 0.1) is 0 Å². The van der Waals surface area contributed by atoms with Gasteiger partial charge >= 0.3 is 0 Å². The first-order chi connectivity index (χ1) is 12.6. The summed E-state index contributed by atoms with van der Waals surface area (Å²) in [5.41, 5.74) is 9.01. The van der Waals surface area contributed by atoms with Gasteiger partial charge < -0.3 is 15.4 Å². The predicted octanol–water partition coefficient (Wildman–Crippen LogP) is 2.35. The Morgan fingerprint density at radius 2 is 1.65 bits per heavy atom. The second kappa shape index (κ2) is 8.98. The zero-order valence-electron chi connectivity index (χ0n) is 16.2. The molecule has 0 atom stereocenters. The van der Waals surface area contributed by atoms with Gasteiger partial charge in [0.1, 0.15) is 0 Å². The van der Waals surface area contributed by atoms with Gasteiger partial charge in [0.15, 0.2) is 0 Å². The third kappa shape index (κ3) is 4.64. The Morgan fingerprint density at radius 1 is 1.08 bits per heavy atom. The minimum atomic E-state index is 0.173. The zero-order chi connectivity index (χ0) is 18.5. The van der Waals surface area contributed by atoms with Gasteiger partial charge in [-0.3, -0.25) is 9.69 Å². The number of hydrogen-bond donors (Lipinski definition) is 1. The van der Waals surface area contributed by atoms with E-state index in [1.165, 1.54) is 0 Å². The molecule has 0 spiro atoms. The third-order valence-electron chi connectivity index (χ3n) is 5.74. The van der Waals surface area contributed by atoms with Crippen LogP contribution in [0.1, 0.15) is 47.2 Å². The fourth-order valence-corrected chi connectivity index (χ4v) is 4.51. The monoisotopic (exact) mass is 359 g/mol. The van der Waals surface area contributed by atoms with Crippen molar-refractivity contribution >= 4 is 5.91 Å². The lowest BCUT2D eigenvalue weighted by molar-refractivity contribution is 0.00416. The number of hydrogen-bond acceptors (Lipinski definition) is 4. The normalized spacial score (nSPS) is 19.9. The summed E-state index contributed by atoms with van der Waals surface area (Å²) in [6.45, 7) is 9.12. The van der Waals surface area contributed by atoms with Crippen molar-refractivity contribution in [2.45, 2.75) is 51.6 Å². The Balaban J connectivity index is 1.60. The summed E-state index contributed by atoms with van der Waals surface area (Å²) in [6, 6.07) is 7.24. The van der Waals surface area contributed by atoms with E-state index in [1.807, 2.05) is 17.0 Å². The highest BCUT2D eigenvalue weighted by Crippen LogP contribution is 2.24. The molecule has 0 radical (unpaired) electrons. The van der Waals surface area contributed by atoms with Crippen molar-refractivity contribution in [1.29, 1.82) is 0 Å². The molecule has 3 rings (SSSR count). The van der Waals surface area contributed by atoms with Gasteiger partial charge in [0.2, 0.25) is 0 Å². The van der Waals surface area contributed by atoms with Crippen LogP contribution in [0.15, 0.2) is 18.2 Å². The van der Waals surface area contributed by atoms with Crippen molar-refractivity contribution in [2.24, 2.45) is 5.73 Å². The number of ether oxygens (including phenoxy) is 1. The van der Waals surface area contributed by atoms with E-state index in [4.69, 9.17) is 10.5 Å². The number of aryl methyl sites for hydroxylation is 2. The number of rotatable bonds is 5. The van der Waals surface area contributed by atoms with Crippen LogP contribution in [0, 0.1) is 13.8 Å². The first-order valence-electron chi connectivity index (χ1n) is 9.99.